The Kier molecular flexibility index (Phi) is 3.27. The Hall–Kier alpha value is -1.45. The first-order valence-corrected chi connectivity index (χ1v) is 5.39. The van der Waals surface area contributed by atoms with Crippen molar-refractivity contribution in [2.24, 2.45) is 0 Å². The molecule has 0 saturated carbocycles. The van der Waals surface area contributed by atoms with E-state index in [1.807, 2.05) is 6.07 Å². The zero-order valence-corrected chi connectivity index (χ0v) is 8.72. The van der Waals surface area contributed by atoms with Gasteiger partial charge in [0, 0.05) is 25.6 Å². The minimum Gasteiger partial charge on any atom is -0.357 e. The maximum atomic E-state index is 10.4. The lowest BCUT2D eigenvalue weighted by atomic mass is 10.1. The molecule has 0 aliphatic carbocycles. The molecule has 1 aliphatic rings. The summed E-state index contributed by atoms with van der Waals surface area (Å²) in [6.45, 7) is 2.13. The van der Waals surface area contributed by atoms with Crippen molar-refractivity contribution in [3.05, 3.63) is 18.1 Å². The summed E-state index contributed by atoms with van der Waals surface area (Å²) in [5, 5.41) is 0. The predicted molar refractivity (Wildman–Crippen MR) is 57.9 cm³/mol. The van der Waals surface area contributed by atoms with Crippen LogP contribution in [0.25, 0.3) is 0 Å². The molecule has 1 fully saturated rings. The highest BCUT2D eigenvalue weighted by atomic mass is 16.1. The van der Waals surface area contributed by atoms with Crippen LogP contribution in [0.2, 0.25) is 0 Å². The highest BCUT2D eigenvalue weighted by Gasteiger charge is 2.12. The van der Waals surface area contributed by atoms with E-state index < -0.39 is 0 Å². The van der Waals surface area contributed by atoms with Gasteiger partial charge < -0.3 is 9.69 Å². The van der Waals surface area contributed by atoms with Crippen LogP contribution in [0.1, 0.15) is 25.0 Å². The molecule has 0 amide bonds. The fourth-order valence-electron chi connectivity index (χ4n) is 1.88. The molecule has 4 heteroatoms. The van der Waals surface area contributed by atoms with Crippen LogP contribution in [0.4, 0.5) is 5.82 Å². The van der Waals surface area contributed by atoms with Gasteiger partial charge >= 0.3 is 0 Å². The number of hydrogen-bond donors (Lipinski definition) is 0. The summed E-state index contributed by atoms with van der Waals surface area (Å²) >= 11 is 0. The number of carbonyl (C=O) groups is 1. The van der Waals surface area contributed by atoms with Gasteiger partial charge in [0.05, 0.1) is 5.69 Å². The van der Waals surface area contributed by atoms with E-state index in [4.69, 9.17) is 0 Å². The number of aromatic nitrogens is 2. The topological polar surface area (TPSA) is 46.1 Å². The molecule has 0 N–H and O–H groups in total. The Morgan fingerprint density at radius 2 is 2.07 bits per heavy atom. The Labute approximate surface area is 89.3 Å². The van der Waals surface area contributed by atoms with Crippen molar-refractivity contribution in [2.75, 3.05) is 18.0 Å². The van der Waals surface area contributed by atoms with Crippen LogP contribution in [0, 0.1) is 0 Å². The van der Waals surface area contributed by atoms with Gasteiger partial charge in [-0.3, -0.25) is 0 Å². The molecule has 0 bridgehead atoms. The van der Waals surface area contributed by atoms with Crippen LogP contribution in [0.5, 0.6) is 0 Å². The van der Waals surface area contributed by atoms with Crippen molar-refractivity contribution in [1.82, 2.24) is 9.97 Å². The largest absolute Gasteiger partial charge is 0.357 e. The van der Waals surface area contributed by atoms with Crippen molar-refractivity contribution in [2.45, 2.75) is 25.7 Å². The quantitative estimate of drug-likeness (QED) is 0.696. The first-order valence-electron chi connectivity index (χ1n) is 5.39. The molecule has 2 heterocycles. The summed E-state index contributed by atoms with van der Waals surface area (Å²) in [7, 11) is 0. The first kappa shape index (κ1) is 10.1. The van der Waals surface area contributed by atoms with E-state index in [0.29, 0.717) is 6.42 Å². The van der Waals surface area contributed by atoms with Crippen LogP contribution in [0.15, 0.2) is 12.4 Å². The highest BCUT2D eigenvalue weighted by molar-refractivity contribution is 5.54. The predicted octanol–water partition coefficient (Wildman–Crippen LogP) is 1.21. The van der Waals surface area contributed by atoms with Gasteiger partial charge in [-0.1, -0.05) is 0 Å². The zero-order chi connectivity index (χ0) is 10.5. The summed E-state index contributed by atoms with van der Waals surface area (Å²) in [5.74, 6) is 0.960. The number of hydrogen-bond acceptors (Lipinski definition) is 4. The Bertz CT molecular complexity index is 334. The van der Waals surface area contributed by atoms with E-state index >= 15 is 0 Å². The van der Waals surface area contributed by atoms with Crippen molar-refractivity contribution in [3.63, 3.8) is 0 Å². The highest BCUT2D eigenvalue weighted by Crippen LogP contribution is 2.17. The van der Waals surface area contributed by atoms with Crippen molar-refractivity contribution >= 4 is 12.1 Å². The molecule has 80 valence electrons. The molecule has 0 unspecified atom stereocenters. The Balaban J connectivity index is 2.12. The van der Waals surface area contributed by atoms with E-state index in [2.05, 4.69) is 14.9 Å². The van der Waals surface area contributed by atoms with Gasteiger partial charge in [0.15, 0.2) is 0 Å². The summed E-state index contributed by atoms with van der Waals surface area (Å²) in [5.41, 5.74) is 0.806. The molecule has 1 aliphatic heterocycles. The summed E-state index contributed by atoms with van der Waals surface area (Å²) in [6, 6.07) is 1.92. The first-order chi connectivity index (χ1) is 7.40. The van der Waals surface area contributed by atoms with Crippen LogP contribution in [-0.4, -0.2) is 29.3 Å². The molecule has 0 spiro atoms. The summed E-state index contributed by atoms with van der Waals surface area (Å²) in [6.07, 6.45) is 6.57. The molecule has 0 radical (unpaired) electrons. The standard InChI is InChI=1S/C11H15N3O/c15-7-4-10-8-11(13-9-12-10)14-5-2-1-3-6-14/h7-9H,1-6H2. The van der Waals surface area contributed by atoms with E-state index in [0.717, 1.165) is 30.9 Å². The van der Waals surface area contributed by atoms with Gasteiger partial charge in [-0.25, -0.2) is 9.97 Å². The molecule has 0 atom stereocenters. The van der Waals surface area contributed by atoms with Crippen LogP contribution in [-0.2, 0) is 11.2 Å². The normalized spacial score (nSPS) is 16.4. The van der Waals surface area contributed by atoms with Crippen molar-refractivity contribution in [1.29, 1.82) is 0 Å². The van der Waals surface area contributed by atoms with Gasteiger partial charge in [-0.15, -0.1) is 0 Å². The number of nitrogens with zero attached hydrogens (tertiary/aromatic N) is 3. The molecule has 1 aromatic rings. The number of carbonyl (C=O) groups excluding carboxylic acids is 1. The molecule has 0 aromatic carbocycles. The lowest BCUT2D eigenvalue weighted by Gasteiger charge is -2.27. The average Bonchev–Trinajstić information content (AvgIpc) is 2.31. The van der Waals surface area contributed by atoms with E-state index in [1.165, 1.54) is 19.3 Å². The van der Waals surface area contributed by atoms with Gasteiger partial charge in [0.2, 0.25) is 0 Å². The SMILES string of the molecule is O=CCc1cc(N2CCCCC2)ncn1. The second kappa shape index (κ2) is 4.87. The van der Waals surface area contributed by atoms with E-state index in [1.54, 1.807) is 6.33 Å². The van der Waals surface area contributed by atoms with Gasteiger partial charge in [0.1, 0.15) is 18.4 Å². The van der Waals surface area contributed by atoms with Crippen LogP contribution in [0.3, 0.4) is 0 Å². The molecule has 1 aromatic heterocycles. The van der Waals surface area contributed by atoms with Crippen molar-refractivity contribution < 1.29 is 4.79 Å². The molecular weight excluding hydrogens is 190 g/mol. The van der Waals surface area contributed by atoms with E-state index in [-0.39, 0.29) is 0 Å². The zero-order valence-electron chi connectivity index (χ0n) is 8.72. The fraction of sp³-hybridized carbons (Fsp3) is 0.545. The van der Waals surface area contributed by atoms with Gasteiger partial charge in [-0.2, -0.15) is 0 Å². The van der Waals surface area contributed by atoms with Crippen LogP contribution < -0.4 is 4.90 Å². The lowest BCUT2D eigenvalue weighted by Crippen LogP contribution is -2.30. The second-order valence-electron chi connectivity index (χ2n) is 3.79. The monoisotopic (exact) mass is 205 g/mol. The summed E-state index contributed by atoms with van der Waals surface area (Å²) in [4.78, 5) is 21.0. The number of anilines is 1. The van der Waals surface area contributed by atoms with Crippen LogP contribution >= 0.6 is 0 Å². The lowest BCUT2D eigenvalue weighted by molar-refractivity contribution is -0.107. The summed E-state index contributed by atoms with van der Waals surface area (Å²) < 4.78 is 0. The Morgan fingerprint density at radius 1 is 1.27 bits per heavy atom. The van der Waals surface area contributed by atoms with Gasteiger partial charge in [0.25, 0.3) is 0 Å². The van der Waals surface area contributed by atoms with Gasteiger partial charge in [-0.05, 0) is 19.3 Å². The molecule has 4 nitrogen and oxygen atoms in total. The second-order valence-corrected chi connectivity index (χ2v) is 3.79. The fourth-order valence-corrected chi connectivity index (χ4v) is 1.88. The average molecular weight is 205 g/mol. The Morgan fingerprint density at radius 3 is 2.80 bits per heavy atom. The third-order valence-corrected chi connectivity index (χ3v) is 2.68. The third-order valence-electron chi connectivity index (χ3n) is 2.68. The van der Waals surface area contributed by atoms with E-state index in [9.17, 15) is 4.79 Å². The minimum absolute atomic E-state index is 0.378. The third kappa shape index (κ3) is 2.52. The maximum absolute atomic E-state index is 10.4. The number of rotatable bonds is 3. The molecule has 1 saturated heterocycles. The maximum Gasteiger partial charge on any atom is 0.132 e. The number of aldehydes is 1. The van der Waals surface area contributed by atoms with Crippen molar-refractivity contribution in [3.8, 4) is 0 Å². The number of piperidine rings is 1. The smallest absolute Gasteiger partial charge is 0.132 e. The molecule has 15 heavy (non-hydrogen) atoms. The molecular formula is C11H15N3O. The molecule has 2 rings (SSSR count). The minimum atomic E-state index is 0.378.